The highest BCUT2D eigenvalue weighted by Gasteiger charge is 2.39. The molecular formula is C22H20BrNO2. The maximum atomic E-state index is 13.1. The number of carbonyl (C=O) groups is 2. The van der Waals surface area contributed by atoms with Gasteiger partial charge >= 0.3 is 0 Å². The van der Waals surface area contributed by atoms with Gasteiger partial charge in [0.1, 0.15) is 0 Å². The summed E-state index contributed by atoms with van der Waals surface area (Å²) in [6.07, 6.45) is 2.48. The Morgan fingerprint density at radius 1 is 0.962 bits per heavy atom. The number of anilines is 1. The fourth-order valence-corrected chi connectivity index (χ4v) is 4.23. The third kappa shape index (κ3) is 3.03. The van der Waals surface area contributed by atoms with E-state index >= 15 is 0 Å². The SMILES string of the molecule is Cc1ccc(N2C(=O)CC(c3ccc(Br)cc3)C3=C2CCCC3=O)cc1. The molecule has 4 heteroatoms. The van der Waals surface area contributed by atoms with Crippen LogP contribution < -0.4 is 4.90 Å². The molecule has 2 aliphatic rings. The number of benzene rings is 2. The van der Waals surface area contributed by atoms with E-state index in [1.807, 2.05) is 55.5 Å². The van der Waals surface area contributed by atoms with Crippen LogP contribution in [0.3, 0.4) is 0 Å². The Bertz CT molecular complexity index is 897. The molecule has 2 aromatic rings. The summed E-state index contributed by atoms with van der Waals surface area (Å²) in [5.74, 6) is 0.110. The molecule has 3 nitrogen and oxygen atoms in total. The van der Waals surface area contributed by atoms with Crippen LogP contribution in [0.4, 0.5) is 5.69 Å². The number of aryl methyl sites for hydroxylation is 1. The van der Waals surface area contributed by atoms with E-state index in [4.69, 9.17) is 0 Å². The minimum Gasteiger partial charge on any atom is -0.294 e. The van der Waals surface area contributed by atoms with Gasteiger partial charge in [-0.2, -0.15) is 0 Å². The third-order valence-electron chi connectivity index (χ3n) is 5.24. The molecule has 1 unspecified atom stereocenters. The topological polar surface area (TPSA) is 37.4 Å². The van der Waals surface area contributed by atoms with Gasteiger partial charge in [0, 0.05) is 40.2 Å². The standard InChI is InChI=1S/C22H20BrNO2/c1-14-5-11-17(12-6-14)24-19-3-2-4-20(25)22(19)18(13-21(24)26)15-7-9-16(23)10-8-15/h5-12,18H,2-4,13H2,1H3. The van der Waals surface area contributed by atoms with E-state index < -0.39 is 0 Å². The van der Waals surface area contributed by atoms with Crippen molar-refractivity contribution in [3.63, 3.8) is 0 Å². The number of halogens is 1. The Labute approximate surface area is 161 Å². The number of hydrogen-bond acceptors (Lipinski definition) is 2. The second-order valence-electron chi connectivity index (χ2n) is 7.01. The first-order chi connectivity index (χ1) is 12.5. The zero-order valence-electron chi connectivity index (χ0n) is 14.7. The van der Waals surface area contributed by atoms with Crippen LogP contribution in [0.5, 0.6) is 0 Å². The largest absolute Gasteiger partial charge is 0.294 e. The molecular weight excluding hydrogens is 390 g/mol. The number of rotatable bonds is 2. The molecule has 0 fully saturated rings. The maximum absolute atomic E-state index is 13.1. The molecule has 1 amide bonds. The van der Waals surface area contributed by atoms with Crippen molar-refractivity contribution in [3.05, 3.63) is 75.4 Å². The lowest BCUT2D eigenvalue weighted by Crippen LogP contribution is -2.40. The summed E-state index contributed by atoms with van der Waals surface area (Å²) in [5.41, 5.74) is 4.78. The summed E-state index contributed by atoms with van der Waals surface area (Å²) in [4.78, 5) is 27.7. The molecule has 0 bridgehead atoms. The quantitative estimate of drug-likeness (QED) is 0.675. The first-order valence-corrected chi connectivity index (χ1v) is 9.75. The molecule has 0 N–H and O–H groups in total. The van der Waals surface area contributed by atoms with Crippen LogP contribution in [-0.4, -0.2) is 11.7 Å². The van der Waals surface area contributed by atoms with Gasteiger partial charge in [0.05, 0.1) is 0 Å². The Kier molecular flexibility index (Phi) is 4.53. The Balaban J connectivity index is 1.84. The second kappa shape index (κ2) is 6.84. The molecule has 1 aliphatic heterocycles. The molecule has 0 radical (unpaired) electrons. The highest BCUT2D eigenvalue weighted by atomic mass is 79.9. The summed E-state index contributed by atoms with van der Waals surface area (Å²) in [7, 11) is 0. The zero-order chi connectivity index (χ0) is 18.3. The number of allylic oxidation sites excluding steroid dienone is 2. The van der Waals surface area contributed by atoms with Gasteiger partial charge in [0.2, 0.25) is 5.91 Å². The van der Waals surface area contributed by atoms with Crippen molar-refractivity contribution in [2.75, 3.05) is 4.90 Å². The number of hydrogen-bond donors (Lipinski definition) is 0. The lowest BCUT2D eigenvalue weighted by atomic mass is 9.77. The van der Waals surface area contributed by atoms with Crippen molar-refractivity contribution in [2.45, 2.75) is 38.5 Å². The van der Waals surface area contributed by atoms with Crippen LogP contribution >= 0.6 is 15.9 Å². The van der Waals surface area contributed by atoms with Crippen molar-refractivity contribution >= 4 is 33.3 Å². The molecule has 1 heterocycles. The van der Waals surface area contributed by atoms with Crippen LogP contribution in [-0.2, 0) is 9.59 Å². The molecule has 0 saturated carbocycles. The first kappa shape index (κ1) is 17.2. The summed E-state index contributed by atoms with van der Waals surface area (Å²) < 4.78 is 0.994. The van der Waals surface area contributed by atoms with E-state index in [-0.39, 0.29) is 17.6 Å². The van der Waals surface area contributed by atoms with Crippen molar-refractivity contribution in [2.24, 2.45) is 0 Å². The molecule has 0 spiro atoms. The van der Waals surface area contributed by atoms with Gasteiger partial charge in [-0.3, -0.25) is 14.5 Å². The summed E-state index contributed by atoms with van der Waals surface area (Å²) in [5, 5.41) is 0. The average Bonchev–Trinajstić information content (AvgIpc) is 2.63. The van der Waals surface area contributed by atoms with Crippen LogP contribution in [0.25, 0.3) is 0 Å². The summed E-state index contributed by atoms with van der Waals surface area (Å²) in [6, 6.07) is 15.9. The second-order valence-corrected chi connectivity index (χ2v) is 7.93. The van der Waals surface area contributed by atoms with Crippen molar-refractivity contribution in [1.82, 2.24) is 0 Å². The van der Waals surface area contributed by atoms with Crippen molar-refractivity contribution in [3.8, 4) is 0 Å². The third-order valence-corrected chi connectivity index (χ3v) is 5.77. The van der Waals surface area contributed by atoms with Gasteiger partial charge in [0.25, 0.3) is 0 Å². The Morgan fingerprint density at radius 3 is 2.35 bits per heavy atom. The van der Waals surface area contributed by atoms with Crippen LogP contribution in [0, 0.1) is 6.92 Å². The predicted octanol–water partition coefficient (Wildman–Crippen LogP) is 5.29. The Hall–Kier alpha value is -2.20. The first-order valence-electron chi connectivity index (χ1n) is 8.96. The van der Waals surface area contributed by atoms with E-state index in [0.29, 0.717) is 12.8 Å². The summed E-state index contributed by atoms with van der Waals surface area (Å²) >= 11 is 3.45. The van der Waals surface area contributed by atoms with Gasteiger partial charge < -0.3 is 0 Å². The molecule has 132 valence electrons. The number of amides is 1. The molecule has 0 aromatic heterocycles. The van der Waals surface area contributed by atoms with Crippen molar-refractivity contribution < 1.29 is 9.59 Å². The van der Waals surface area contributed by atoms with Gasteiger partial charge in [-0.15, -0.1) is 0 Å². The number of ketones is 1. The van der Waals surface area contributed by atoms with E-state index in [1.165, 1.54) is 0 Å². The minimum atomic E-state index is -0.139. The number of Topliss-reactive ketones (excluding diaryl/α,β-unsaturated/α-hetero) is 1. The smallest absolute Gasteiger partial charge is 0.232 e. The van der Waals surface area contributed by atoms with Crippen molar-refractivity contribution in [1.29, 1.82) is 0 Å². The van der Waals surface area contributed by atoms with Gasteiger partial charge in [-0.25, -0.2) is 0 Å². The lowest BCUT2D eigenvalue weighted by molar-refractivity contribution is -0.119. The van der Waals surface area contributed by atoms with E-state index in [9.17, 15) is 9.59 Å². The normalized spacial score (nSPS) is 20.4. The van der Waals surface area contributed by atoms with Crippen LogP contribution in [0.2, 0.25) is 0 Å². The highest BCUT2D eigenvalue weighted by Crippen LogP contribution is 2.43. The Morgan fingerprint density at radius 2 is 1.65 bits per heavy atom. The van der Waals surface area contributed by atoms with Gasteiger partial charge in [-0.05, 0) is 49.6 Å². The molecule has 0 saturated heterocycles. The van der Waals surface area contributed by atoms with Crippen LogP contribution in [0.1, 0.15) is 42.7 Å². The van der Waals surface area contributed by atoms with E-state index in [2.05, 4.69) is 15.9 Å². The monoisotopic (exact) mass is 409 g/mol. The average molecular weight is 410 g/mol. The molecule has 1 atom stereocenters. The minimum absolute atomic E-state index is 0.0650. The number of nitrogens with zero attached hydrogens (tertiary/aromatic N) is 1. The number of carbonyl (C=O) groups excluding carboxylic acids is 2. The fraction of sp³-hybridized carbons (Fsp3) is 0.273. The fourth-order valence-electron chi connectivity index (χ4n) is 3.97. The van der Waals surface area contributed by atoms with Gasteiger partial charge in [0.15, 0.2) is 5.78 Å². The zero-order valence-corrected chi connectivity index (χ0v) is 16.3. The molecule has 4 rings (SSSR count). The predicted molar refractivity (Wildman–Crippen MR) is 106 cm³/mol. The highest BCUT2D eigenvalue weighted by molar-refractivity contribution is 9.10. The van der Waals surface area contributed by atoms with E-state index in [1.54, 1.807) is 4.90 Å². The van der Waals surface area contributed by atoms with Gasteiger partial charge in [-0.1, -0.05) is 45.8 Å². The molecule has 26 heavy (non-hydrogen) atoms. The molecule has 1 aliphatic carbocycles. The van der Waals surface area contributed by atoms with Crippen LogP contribution in [0.15, 0.2) is 64.3 Å². The van der Waals surface area contributed by atoms with E-state index in [0.717, 1.165) is 45.4 Å². The molecule has 2 aromatic carbocycles. The maximum Gasteiger partial charge on any atom is 0.232 e. The summed E-state index contributed by atoms with van der Waals surface area (Å²) in [6.45, 7) is 2.03. The lowest BCUT2D eigenvalue weighted by Gasteiger charge is -2.38.